The standard InChI is InChI=1S/C11H11F3N2O2/c1-18-8(17)10-3-9(4-10,5-10)7-15-2-6(16-7)11(12,13)14/h2H,3-5H2,1H3,(H,15,16). The number of hydrogen-bond donors (Lipinski definition) is 1. The minimum Gasteiger partial charge on any atom is -0.469 e. The zero-order valence-electron chi connectivity index (χ0n) is 9.60. The number of alkyl halides is 3. The number of aromatic nitrogens is 2. The van der Waals surface area contributed by atoms with Crippen molar-refractivity contribution in [1.29, 1.82) is 0 Å². The Hall–Kier alpha value is -1.53. The highest BCUT2D eigenvalue weighted by Crippen LogP contribution is 2.73. The lowest BCUT2D eigenvalue weighted by Gasteiger charge is -2.67. The number of nitrogens with zero attached hydrogens (tertiary/aromatic N) is 1. The van der Waals surface area contributed by atoms with Gasteiger partial charge in [-0.1, -0.05) is 0 Å². The van der Waals surface area contributed by atoms with E-state index in [1.165, 1.54) is 7.11 Å². The fourth-order valence-corrected chi connectivity index (χ4v) is 3.21. The second-order valence-corrected chi connectivity index (χ2v) is 5.23. The van der Waals surface area contributed by atoms with Gasteiger partial charge >= 0.3 is 12.1 Å². The van der Waals surface area contributed by atoms with Crippen molar-refractivity contribution in [3.05, 3.63) is 17.7 Å². The Labute approximate surface area is 101 Å². The van der Waals surface area contributed by atoms with Gasteiger partial charge in [-0.15, -0.1) is 0 Å². The molecule has 0 radical (unpaired) electrons. The fraction of sp³-hybridized carbons (Fsp3) is 0.636. The molecule has 98 valence electrons. The van der Waals surface area contributed by atoms with Gasteiger partial charge in [0.15, 0.2) is 0 Å². The maximum Gasteiger partial charge on any atom is 0.432 e. The topological polar surface area (TPSA) is 55.0 Å². The second kappa shape index (κ2) is 3.07. The molecule has 0 atom stereocenters. The molecular weight excluding hydrogens is 249 g/mol. The molecule has 0 saturated heterocycles. The third-order valence-corrected chi connectivity index (χ3v) is 4.03. The van der Waals surface area contributed by atoms with Crippen LogP contribution in [0.25, 0.3) is 0 Å². The van der Waals surface area contributed by atoms with Crippen molar-refractivity contribution in [2.75, 3.05) is 7.11 Å². The zero-order chi connectivity index (χ0) is 13.2. The highest BCUT2D eigenvalue weighted by Gasteiger charge is 2.74. The van der Waals surface area contributed by atoms with Crippen LogP contribution in [0.3, 0.4) is 0 Å². The summed E-state index contributed by atoms with van der Waals surface area (Å²) in [5, 5.41) is 0. The van der Waals surface area contributed by atoms with E-state index >= 15 is 0 Å². The first-order valence-electron chi connectivity index (χ1n) is 5.53. The number of ether oxygens (including phenoxy) is 1. The summed E-state index contributed by atoms with van der Waals surface area (Å²) in [6.07, 6.45) is -2.03. The molecule has 3 aliphatic carbocycles. The van der Waals surface area contributed by atoms with Gasteiger partial charge in [0.25, 0.3) is 0 Å². The predicted octanol–water partition coefficient (Wildman–Crippen LogP) is 2.02. The monoisotopic (exact) mass is 260 g/mol. The van der Waals surface area contributed by atoms with E-state index in [2.05, 4.69) is 14.7 Å². The molecule has 1 heterocycles. The molecule has 3 saturated carbocycles. The number of carbonyl (C=O) groups excluding carboxylic acids is 1. The van der Waals surface area contributed by atoms with E-state index in [0.29, 0.717) is 25.1 Å². The van der Waals surface area contributed by atoms with E-state index in [1.54, 1.807) is 0 Å². The van der Waals surface area contributed by atoms with Crippen molar-refractivity contribution in [2.24, 2.45) is 5.41 Å². The van der Waals surface area contributed by atoms with E-state index in [4.69, 9.17) is 0 Å². The van der Waals surface area contributed by atoms with Crippen LogP contribution in [-0.4, -0.2) is 23.0 Å². The van der Waals surface area contributed by atoms with E-state index in [0.717, 1.165) is 6.20 Å². The number of H-pyrrole nitrogens is 1. The molecule has 2 bridgehead atoms. The van der Waals surface area contributed by atoms with Gasteiger partial charge in [0.2, 0.25) is 0 Å². The summed E-state index contributed by atoms with van der Waals surface area (Å²) >= 11 is 0. The van der Waals surface area contributed by atoms with Crippen molar-refractivity contribution in [3.63, 3.8) is 0 Å². The van der Waals surface area contributed by atoms with Crippen LogP contribution < -0.4 is 0 Å². The Morgan fingerprint density at radius 3 is 2.50 bits per heavy atom. The maximum absolute atomic E-state index is 12.4. The smallest absolute Gasteiger partial charge is 0.432 e. The Bertz CT molecular complexity index is 501. The minimum atomic E-state index is -4.41. The Kier molecular flexibility index (Phi) is 1.97. The van der Waals surface area contributed by atoms with Crippen molar-refractivity contribution in [1.82, 2.24) is 9.97 Å². The number of nitrogens with one attached hydrogen (secondary N) is 1. The summed E-state index contributed by atoms with van der Waals surface area (Å²) in [4.78, 5) is 17.6. The SMILES string of the molecule is COC(=O)C12CC(c3ncc(C(F)(F)F)[nH]3)(C1)C2. The van der Waals surface area contributed by atoms with Crippen LogP contribution in [0, 0.1) is 5.41 Å². The molecule has 1 aromatic heterocycles. The molecule has 1 N–H and O–H groups in total. The predicted molar refractivity (Wildman–Crippen MR) is 53.6 cm³/mol. The largest absolute Gasteiger partial charge is 0.469 e. The molecule has 0 spiro atoms. The average Bonchev–Trinajstić information content (AvgIpc) is 2.61. The lowest BCUT2D eigenvalue weighted by Crippen LogP contribution is -2.68. The third kappa shape index (κ3) is 1.27. The van der Waals surface area contributed by atoms with Crippen LogP contribution in [0.4, 0.5) is 13.2 Å². The van der Waals surface area contributed by atoms with Crippen molar-refractivity contribution >= 4 is 5.97 Å². The number of halogens is 3. The quantitative estimate of drug-likeness (QED) is 0.828. The number of carbonyl (C=O) groups is 1. The van der Waals surface area contributed by atoms with Gasteiger partial charge in [-0.05, 0) is 19.3 Å². The van der Waals surface area contributed by atoms with Crippen LogP contribution in [0.2, 0.25) is 0 Å². The first-order chi connectivity index (χ1) is 8.31. The molecule has 3 aliphatic rings. The summed E-state index contributed by atoms with van der Waals surface area (Å²) in [6.45, 7) is 0. The molecule has 18 heavy (non-hydrogen) atoms. The first-order valence-corrected chi connectivity index (χ1v) is 5.53. The minimum absolute atomic E-state index is 0.271. The van der Waals surface area contributed by atoms with E-state index < -0.39 is 17.3 Å². The molecule has 4 rings (SSSR count). The van der Waals surface area contributed by atoms with Crippen molar-refractivity contribution in [3.8, 4) is 0 Å². The molecule has 4 nitrogen and oxygen atoms in total. The van der Waals surface area contributed by atoms with Crippen LogP contribution in [0.1, 0.15) is 30.8 Å². The highest BCUT2D eigenvalue weighted by atomic mass is 19.4. The van der Waals surface area contributed by atoms with Crippen LogP contribution in [0.15, 0.2) is 6.20 Å². The Balaban J connectivity index is 1.77. The van der Waals surface area contributed by atoms with Gasteiger partial charge in [-0.3, -0.25) is 4.79 Å². The molecule has 0 aromatic carbocycles. The van der Waals surface area contributed by atoms with E-state index in [1.807, 2.05) is 0 Å². The lowest BCUT2D eigenvalue weighted by atomic mass is 9.35. The van der Waals surface area contributed by atoms with Crippen LogP contribution >= 0.6 is 0 Å². The lowest BCUT2D eigenvalue weighted by molar-refractivity contribution is -0.199. The van der Waals surface area contributed by atoms with Gasteiger partial charge < -0.3 is 9.72 Å². The first kappa shape index (κ1) is 11.6. The number of methoxy groups -OCH3 is 1. The van der Waals surface area contributed by atoms with Gasteiger partial charge in [-0.2, -0.15) is 13.2 Å². The fourth-order valence-electron chi connectivity index (χ4n) is 3.21. The number of aromatic amines is 1. The van der Waals surface area contributed by atoms with Gasteiger partial charge in [-0.25, -0.2) is 4.98 Å². The second-order valence-electron chi connectivity index (χ2n) is 5.23. The maximum atomic E-state index is 12.4. The summed E-state index contributed by atoms with van der Waals surface area (Å²) in [7, 11) is 1.32. The normalized spacial score (nSPS) is 33.6. The molecule has 0 unspecified atom stereocenters. The van der Waals surface area contributed by atoms with Gasteiger partial charge in [0.1, 0.15) is 11.5 Å². The summed E-state index contributed by atoms with van der Waals surface area (Å²) < 4.78 is 42.0. The number of rotatable bonds is 2. The average molecular weight is 260 g/mol. The molecule has 0 amide bonds. The van der Waals surface area contributed by atoms with Crippen molar-refractivity contribution < 1.29 is 22.7 Å². The number of hydrogen-bond acceptors (Lipinski definition) is 3. The third-order valence-electron chi connectivity index (χ3n) is 4.03. The van der Waals surface area contributed by atoms with E-state index in [-0.39, 0.29) is 11.4 Å². The highest BCUT2D eigenvalue weighted by molar-refractivity contribution is 5.82. The zero-order valence-corrected chi connectivity index (χ0v) is 9.60. The van der Waals surface area contributed by atoms with E-state index in [9.17, 15) is 18.0 Å². The summed E-state index contributed by atoms with van der Waals surface area (Å²) in [5.41, 5.74) is -1.69. The van der Waals surface area contributed by atoms with Gasteiger partial charge in [0, 0.05) is 5.41 Å². The summed E-state index contributed by atoms with van der Waals surface area (Å²) in [5.74, 6) is 0.0626. The number of imidazole rings is 1. The molecule has 1 aromatic rings. The van der Waals surface area contributed by atoms with Crippen LogP contribution in [0.5, 0.6) is 0 Å². The Morgan fingerprint density at radius 1 is 1.44 bits per heavy atom. The molecular formula is C11H11F3N2O2. The molecule has 0 aliphatic heterocycles. The summed E-state index contributed by atoms with van der Waals surface area (Å²) in [6, 6.07) is 0. The van der Waals surface area contributed by atoms with Crippen LogP contribution in [-0.2, 0) is 21.1 Å². The number of esters is 1. The Morgan fingerprint density at radius 2 is 2.06 bits per heavy atom. The molecule has 3 fully saturated rings. The molecule has 7 heteroatoms. The van der Waals surface area contributed by atoms with Crippen molar-refractivity contribution in [2.45, 2.75) is 30.9 Å². The van der Waals surface area contributed by atoms with Gasteiger partial charge in [0.05, 0.1) is 18.7 Å².